The minimum Gasteiger partial charge on any atom is -0.390 e. The van der Waals surface area contributed by atoms with Gasteiger partial charge in [-0.3, -0.25) is 4.68 Å². The molecule has 0 aromatic carbocycles. The molecule has 0 bridgehead atoms. The van der Waals surface area contributed by atoms with Gasteiger partial charge in [-0.1, -0.05) is 19.3 Å². The van der Waals surface area contributed by atoms with Gasteiger partial charge in [-0.25, -0.2) is 0 Å². The second kappa shape index (κ2) is 6.06. The maximum Gasteiger partial charge on any atom is 0.0940 e. The molecule has 1 heterocycles. The van der Waals surface area contributed by atoms with E-state index in [1.54, 1.807) is 7.11 Å². The average Bonchev–Trinajstić information content (AvgIpc) is 2.88. The van der Waals surface area contributed by atoms with Crippen molar-refractivity contribution in [2.75, 3.05) is 7.11 Å². The fourth-order valence-corrected chi connectivity index (χ4v) is 2.98. The number of ether oxygens (including phenoxy) is 1. The minimum absolute atomic E-state index is 0.358. The maximum atomic E-state index is 10.6. The van der Waals surface area contributed by atoms with Crippen LogP contribution in [0.2, 0.25) is 0 Å². The lowest BCUT2D eigenvalue weighted by atomic mass is 9.79. The molecule has 1 aromatic rings. The summed E-state index contributed by atoms with van der Waals surface area (Å²) in [7, 11) is 1.72. The van der Waals surface area contributed by atoms with Crippen molar-refractivity contribution in [3.05, 3.63) is 18.0 Å². The summed E-state index contributed by atoms with van der Waals surface area (Å²) in [6.45, 7) is 4.20. The molecule has 108 valence electrons. The van der Waals surface area contributed by atoms with Crippen LogP contribution >= 0.6 is 0 Å². The van der Waals surface area contributed by atoms with E-state index >= 15 is 0 Å². The van der Waals surface area contributed by atoms with Crippen LogP contribution in [0.15, 0.2) is 12.3 Å². The molecule has 4 heteroatoms. The largest absolute Gasteiger partial charge is 0.390 e. The number of rotatable bonds is 5. The fraction of sp³-hybridized carbons (Fsp3) is 0.800. The van der Waals surface area contributed by atoms with Gasteiger partial charge in [0, 0.05) is 25.8 Å². The van der Waals surface area contributed by atoms with Crippen LogP contribution in [0.5, 0.6) is 0 Å². The van der Waals surface area contributed by atoms with Gasteiger partial charge < -0.3 is 9.84 Å². The Morgan fingerprint density at radius 2 is 2.05 bits per heavy atom. The predicted octanol–water partition coefficient (Wildman–Crippen LogP) is 2.72. The molecule has 0 saturated heterocycles. The predicted molar refractivity (Wildman–Crippen MR) is 75.1 cm³/mol. The van der Waals surface area contributed by atoms with E-state index in [1.165, 1.54) is 6.42 Å². The Hall–Kier alpha value is -0.870. The van der Waals surface area contributed by atoms with Crippen molar-refractivity contribution in [3.8, 4) is 0 Å². The lowest BCUT2D eigenvalue weighted by molar-refractivity contribution is -0.122. The van der Waals surface area contributed by atoms with Gasteiger partial charge in [0.15, 0.2) is 0 Å². The number of nitrogens with zero attached hydrogens (tertiary/aromatic N) is 2. The van der Waals surface area contributed by atoms with Crippen LogP contribution < -0.4 is 0 Å². The molecule has 1 saturated carbocycles. The van der Waals surface area contributed by atoms with Crippen molar-refractivity contribution in [2.45, 2.75) is 70.1 Å². The second-order valence-electron chi connectivity index (χ2n) is 5.93. The summed E-state index contributed by atoms with van der Waals surface area (Å²) in [5.74, 6) is 0. The molecule has 0 radical (unpaired) electrons. The molecule has 2 rings (SSSR count). The third-order valence-electron chi connectivity index (χ3n) is 4.31. The summed E-state index contributed by atoms with van der Waals surface area (Å²) in [4.78, 5) is 0. The lowest BCUT2D eigenvalue weighted by Crippen LogP contribution is -2.47. The molecule has 1 aromatic heterocycles. The number of aliphatic hydroxyl groups is 1. The third kappa shape index (κ3) is 3.18. The van der Waals surface area contributed by atoms with E-state index in [2.05, 4.69) is 18.9 Å². The van der Waals surface area contributed by atoms with Crippen molar-refractivity contribution in [3.63, 3.8) is 0 Å². The molecule has 4 nitrogen and oxygen atoms in total. The van der Waals surface area contributed by atoms with E-state index < -0.39 is 6.10 Å². The summed E-state index contributed by atoms with van der Waals surface area (Å²) in [6.07, 6.45) is 7.54. The molecule has 0 amide bonds. The highest BCUT2D eigenvalue weighted by Gasteiger charge is 2.39. The van der Waals surface area contributed by atoms with E-state index in [-0.39, 0.29) is 5.60 Å². The van der Waals surface area contributed by atoms with Gasteiger partial charge >= 0.3 is 0 Å². The normalized spacial score (nSPS) is 20.7. The van der Waals surface area contributed by atoms with Crippen LogP contribution in [-0.2, 0) is 11.2 Å². The summed E-state index contributed by atoms with van der Waals surface area (Å²) in [6, 6.07) is 2.35. The molecular weight excluding hydrogens is 240 g/mol. The zero-order valence-electron chi connectivity index (χ0n) is 12.3. The van der Waals surface area contributed by atoms with Crippen LogP contribution in [0.4, 0.5) is 0 Å². The van der Waals surface area contributed by atoms with Gasteiger partial charge in [0.05, 0.1) is 17.4 Å². The zero-order valence-corrected chi connectivity index (χ0v) is 12.3. The Morgan fingerprint density at radius 3 is 2.58 bits per heavy atom. The fourth-order valence-electron chi connectivity index (χ4n) is 2.98. The van der Waals surface area contributed by atoms with Crippen molar-refractivity contribution in [1.82, 2.24) is 9.78 Å². The first kappa shape index (κ1) is 14.5. The van der Waals surface area contributed by atoms with E-state index in [9.17, 15) is 5.11 Å². The van der Waals surface area contributed by atoms with Crippen LogP contribution in [0.25, 0.3) is 0 Å². The highest BCUT2D eigenvalue weighted by Crippen LogP contribution is 2.35. The lowest BCUT2D eigenvalue weighted by Gasteiger charge is -2.39. The number of methoxy groups -OCH3 is 1. The summed E-state index contributed by atoms with van der Waals surface area (Å²) < 4.78 is 7.62. The molecule has 1 N–H and O–H groups in total. The maximum absolute atomic E-state index is 10.6. The number of hydrogen-bond donors (Lipinski definition) is 1. The average molecular weight is 266 g/mol. The third-order valence-corrected chi connectivity index (χ3v) is 4.31. The summed E-state index contributed by atoms with van der Waals surface area (Å²) in [5, 5.41) is 15.1. The molecule has 1 atom stereocenters. The van der Waals surface area contributed by atoms with Crippen LogP contribution in [0.3, 0.4) is 0 Å². The van der Waals surface area contributed by atoms with E-state index in [0.717, 1.165) is 31.4 Å². The number of aromatic nitrogens is 2. The Kier molecular flexibility index (Phi) is 4.63. The van der Waals surface area contributed by atoms with E-state index in [0.29, 0.717) is 12.5 Å². The molecule has 1 aliphatic carbocycles. The first-order chi connectivity index (χ1) is 9.07. The molecule has 1 aliphatic rings. The van der Waals surface area contributed by atoms with Gasteiger partial charge in [0.2, 0.25) is 0 Å². The topological polar surface area (TPSA) is 47.3 Å². The molecule has 0 spiro atoms. The molecule has 19 heavy (non-hydrogen) atoms. The summed E-state index contributed by atoms with van der Waals surface area (Å²) in [5.41, 5.74) is 0.586. The van der Waals surface area contributed by atoms with Gasteiger partial charge in [0.1, 0.15) is 0 Å². The summed E-state index contributed by atoms with van der Waals surface area (Å²) >= 11 is 0. The van der Waals surface area contributed by atoms with E-state index in [4.69, 9.17) is 4.74 Å². The van der Waals surface area contributed by atoms with Crippen LogP contribution in [0.1, 0.15) is 57.7 Å². The second-order valence-corrected chi connectivity index (χ2v) is 5.93. The zero-order chi connectivity index (χ0) is 13.9. The smallest absolute Gasteiger partial charge is 0.0940 e. The Labute approximate surface area is 115 Å². The van der Waals surface area contributed by atoms with E-state index in [1.807, 2.05) is 16.9 Å². The van der Waals surface area contributed by atoms with Gasteiger partial charge in [0.25, 0.3) is 0 Å². The number of aliphatic hydroxyl groups excluding tert-OH is 1. The van der Waals surface area contributed by atoms with Crippen molar-refractivity contribution in [2.24, 2.45) is 0 Å². The highest BCUT2D eigenvalue weighted by atomic mass is 16.5. The van der Waals surface area contributed by atoms with Crippen molar-refractivity contribution >= 4 is 0 Å². The van der Waals surface area contributed by atoms with Gasteiger partial charge in [-0.2, -0.15) is 5.10 Å². The Bertz CT molecular complexity index is 395. The Balaban J connectivity index is 2.03. The molecule has 1 fully saturated rings. The van der Waals surface area contributed by atoms with Crippen LogP contribution in [-0.4, -0.2) is 33.7 Å². The van der Waals surface area contributed by atoms with Crippen molar-refractivity contribution < 1.29 is 9.84 Å². The molecule has 0 aliphatic heterocycles. The van der Waals surface area contributed by atoms with Crippen LogP contribution in [0, 0.1) is 0 Å². The molecule has 1 unspecified atom stereocenters. The van der Waals surface area contributed by atoms with Gasteiger partial charge in [-0.05, 0) is 32.8 Å². The Morgan fingerprint density at radius 1 is 1.37 bits per heavy atom. The molecular formula is C15H26N2O2. The number of hydrogen-bond acceptors (Lipinski definition) is 3. The standard InChI is InChI=1S/C15H26N2O2/c1-12(2)17-10-7-13(16-17)11-14(18)15(19-3)8-5-4-6-9-15/h7,10,12,14,18H,4-6,8-9,11H2,1-3H3. The van der Waals surface area contributed by atoms with Crippen molar-refractivity contribution in [1.29, 1.82) is 0 Å². The first-order valence-corrected chi connectivity index (χ1v) is 7.34. The minimum atomic E-state index is -0.465. The quantitative estimate of drug-likeness (QED) is 0.891. The monoisotopic (exact) mass is 266 g/mol. The first-order valence-electron chi connectivity index (χ1n) is 7.34. The highest BCUT2D eigenvalue weighted by molar-refractivity contribution is 5.05. The van der Waals surface area contributed by atoms with Gasteiger partial charge in [-0.15, -0.1) is 0 Å². The SMILES string of the molecule is COC1(C(O)Cc2ccn(C(C)C)n2)CCCCC1.